The number of ketones is 1. The van der Waals surface area contributed by atoms with E-state index in [2.05, 4.69) is 77.2 Å². The quantitative estimate of drug-likeness (QED) is 0.681. The summed E-state index contributed by atoms with van der Waals surface area (Å²) in [7, 11) is 0. The Hall–Kier alpha value is -2.42. The summed E-state index contributed by atoms with van der Waals surface area (Å²) in [6.07, 6.45) is 4.39. The number of nitrogens with one attached hydrogen (secondary N) is 1. The summed E-state index contributed by atoms with van der Waals surface area (Å²) in [6, 6.07) is 12.7. The number of anilines is 1. The van der Waals surface area contributed by atoms with E-state index in [0.29, 0.717) is 6.42 Å². The van der Waals surface area contributed by atoms with Gasteiger partial charge < -0.3 is 5.32 Å². The van der Waals surface area contributed by atoms with Crippen LogP contribution in [0, 0.1) is 10.8 Å². The minimum Gasteiger partial charge on any atom is -0.343 e. The predicted octanol–water partition coefficient (Wildman–Crippen LogP) is 6.04. The van der Waals surface area contributed by atoms with Crippen molar-refractivity contribution in [2.45, 2.75) is 66.2 Å². The number of carbonyl (C=O) groups excluding carboxylic acids is 1. The Balaban J connectivity index is 1.95. The molecule has 1 aromatic heterocycles. The number of hydrogen-bond donors (Lipinski definition) is 1. The molecule has 1 aliphatic carbocycles. The molecule has 2 aliphatic rings. The summed E-state index contributed by atoms with van der Waals surface area (Å²) in [5, 5.41) is 3.55. The Morgan fingerprint density at radius 2 is 1.76 bits per heavy atom. The van der Waals surface area contributed by atoms with Crippen LogP contribution in [0.15, 0.2) is 53.9 Å². The van der Waals surface area contributed by atoms with E-state index in [4.69, 9.17) is 4.98 Å². The van der Waals surface area contributed by atoms with Gasteiger partial charge in [-0.3, -0.25) is 4.79 Å². The number of nitrogens with zero attached hydrogens (tertiary/aromatic N) is 1. The van der Waals surface area contributed by atoms with Crippen LogP contribution in [0.3, 0.4) is 0 Å². The van der Waals surface area contributed by atoms with Crippen LogP contribution in [-0.4, -0.2) is 10.8 Å². The van der Waals surface area contributed by atoms with Crippen molar-refractivity contribution in [3.8, 4) is 0 Å². The fourth-order valence-corrected chi connectivity index (χ4v) is 5.05. The number of allylic oxidation sites excluding steroid dienone is 2. The molecule has 0 bridgehead atoms. The fourth-order valence-electron chi connectivity index (χ4n) is 5.05. The van der Waals surface area contributed by atoms with Crippen LogP contribution in [0.2, 0.25) is 0 Å². The van der Waals surface area contributed by atoms with Gasteiger partial charge in [-0.2, -0.15) is 0 Å². The van der Waals surface area contributed by atoms with E-state index in [1.165, 1.54) is 5.56 Å². The number of rotatable bonds is 2. The largest absolute Gasteiger partial charge is 0.343 e. The van der Waals surface area contributed by atoms with Crippen molar-refractivity contribution in [1.29, 1.82) is 0 Å². The van der Waals surface area contributed by atoms with Crippen molar-refractivity contribution in [3.63, 3.8) is 0 Å². The second-order valence-corrected chi connectivity index (χ2v) is 10.9. The number of carbonyl (C=O) groups is 1. The molecule has 2 heterocycles. The molecule has 152 valence electrons. The third-order valence-corrected chi connectivity index (χ3v) is 6.21. The lowest BCUT2D eigenvalue weighted by Crippen LogP contribution is -2.42. The molecule has 29 heavy (non-hydrogen) atoms. The molecular weight excluding hydrogens is 356 g/mol. The van der Waals surface area contributed by atoms with Gasteiger partial charge in [0.1, 0.15) is 5.82 Å². The molecule has 1 atom stereocenters. The van der Waals surface area contributed by atoms with Crippen molar-refractivity contribution < 1.29 is 4.79 Å². The summed E-state index contributed by atoms with van der Waals surface area (Å²) in [6.45, 7) is 13.3. The normalized spacial score (nSPS) is 23.3. The molecule has 0 saturated heterocycles. The lowest BCUT2D eigenvalue weighted by Gasteiger charge is -2.44. The first-order chi connectivity index (χ1) is 13.5. The second-order valence-electron chi connectivity index (χ2n) is 10.9. The van der Waals surface area contributed by atoms with Crippen LogP contribution in [0.1, 0.15) is 71.1 Å². The molecule has 0 spiro atoms. The fraction of sp³-hybridized carbons (Fsp3) is 0.462. The van der Waals surface area contributed by atoms with Gasteiger partial charge in [0.05, 0.1) is 5.41 Å². The third-order valence-electron chi connectivity index (χ3n) is 6.21. The van der Waals surface area contributed by atoms with Crippen molar-refractivity contribution >= 4 is 11.6 Å². The van der Waals surface area contributed by atoms with Gasteiger partial charge in [0.2, 0.25) is 0 Å². The summed E-state index contributed by atoms with van der Waals surface area (Å²) in [4.78, 5) is 18.3. The number of benzene rings is 1. The van der Waals surface area contributed by atoms with Gasteiger partial charge in [0.15, 0.2) is 5.78 Å². The molecule has 0 radical (unpaired) electrons. The van der Waals surface area contributed by atoms with Gasteiger partial charge in [-0.25, -0.2) is 4.98 Å². The van der Waals surface area contributed by atoms with E-state index in [1.54, 1.807) is 0 Å². The number of pyridine rings is 1. The van der Waals surface area contributed by atoms with Gasteiger partial charge in [-0.15, -0.1) is 0 Å². The molecule has 0 saturated carbocycles. The van der Waals surface area contributed by atoms with Gasteiger partial charge in [0.25, 0.3) is 0 Å². The average Bonchev–Trinajstić information content (AvgIpc) is 2.60. The highest BCUT2D eigenvalue weighted by molar-refractivity contribution is 6.02. The van der Waals surface area contributed by atoms with Crippen LogP contribution >= 0.6 is 0 Å². The number of Topliss-reactive ketones (excluding diaryl/α,β-unsaturated/α-hetero) is 1. The molecule has 0 amide bonds. The maximum atomic E-state index is 13.4. The zero-order chi connectivity index (χ0) is 21.0. The maximum absolute atomic E-state index is 13.4. The molecule has 4 rings (SSSR count). The predicted molar refractivity (Wildman–Crippen MR) is 119 cm³/mol. The molecule has 2 aromatic rings. The maximum Gasteiger partial charge on any atom is 0.162 e. The molecule has 1 N–H and O–H groups in total. The lowest BCUT2D eigenvalue weighted by atomic mass is 9.61. The van der Waals surface area contributed by atoms with Crippen LogP contribution < -0.4 is 5.32 Å². The first kappa shape index (κ1) is 19.9. The molecule has 0 fully saturated rings. The van der Waals surface area contributed by atoms with Crippen molar-refractivity contribution in [2.75, 3.05) is 5.32 Å². The minimum atomic E-state index is -0.494. The van der Waals surface area contributed by atoms with Crippen LogP contribution in [0.4, 0.5) is 5.82 Å². The van der Waals surface area contributed by atoms with E-state index >= 15 is 0 Å². The summed E-state index contributed by atoms with van der Waals surface area (Å²) >= 11 is 0. The zero-order valence-electron chi connectivity index (χ0n) is 18.5. The Labute approximate surface area is 174 Å². The van der Waals surface area contributed by atoms with Gasteiger partial charge >= 0.3 is 0 Å². The third kappa shape index (κ3) is 3.52. The van der Waals surface area contributed by atoms with E-state index < -0.39 is 5.41 Å². The SMILES string of the molecule is CC(C)(C)Cc1cnc2c(c1)[C@@](C)(c1ccccc1)C1=C(CC(C)(C)CC1=O)N2. The van der Waals surface area contributed by atoms with Crippen molar-refractivity contribution in [3.05, 3.63) is 70.6 Å². The number of fused-ring (bicyclic) bond motifs is 1. The highest BCUT2D eigenvalue weighted by Gasteiger charge is 2.47. The van der Waals surface area contributed by atoms with Crippen LogP contribution in [0.5, 0.6) is 0 Å². The molecule has 1 aliphatic heterocycles. The highest BCUT2D eigenvalue weighted by Crippen LogP contribution is 2.52. The topological polar surface area (TPSA) is 42.0 Å². The second kappa shape index (κ2) is 6.55. The van der Waals surface area contributed by atoms with E-state index in [-0.39, 0.29) is 16.6 Å². The molecule has 0 unspecified atom stereocenters. The van der Waals surface area contributed by atoms with E-state index in [1.807, 2.05) is 12.3 Å². The van der Waals surface area contributed by atoms with E-state index in [0.717, 1.165) is 41.1 Å². The van der Waals surface area contributed by atoms with Crippen LogP contribution in [-0.2, 0) is 16.6 Å². The summed E-state index contributed by atoms with van der Waals surface area (Å²) in [5.41, 5.74) is 5.08. The number of hydrogen-bond acceptors (Lipinski definition) is 3. The summed E-state index contributed by atoms with van der Waals surface area (Å²) < 4.78 is 0. The zero-order valence-corrected chi connectivity index (χ0v) is 18.5. The first-order valence-electron chi connectivity index (χ1n) is 10.6. The lowest BCUT2D eigenvalue weighted by molar-refractivity contribution is -0.118. The molecule has 3 nitrogen and oxygen atoms in total. The highest BCUT2D eigenvalue weighted by atomic mass is 16.1. The van der Waals surface area contributed by atoms with Gasteiger partial charge in [0, 0.05) is 29.5 Å². The Morgan fingerprint density at radius 3 is 2.41 bits per heavy atom. The van der Waals surface area contributed by atoms with Gasteiger partial charge in [-0.05, 0) is 47.8 Å². The summed E-state index contributed by atoms with van der Waals surface area (Å²) in [5.74, 6) is 1.14. The average molecular weight is 389 g/mol. The smallest absolute Gasteiger partial charge is 0.162 e. The van der Waals surface area contributed by atoms with Gasteiger partial charge in [-0.1, -0.05) is 65.0 Å². The monoisotopic (exact) mass is 388 g/mol. The van der Waals surface area contributed by atoms with Crippen molar-refractivity contribution in [2.24, 2.45) is 10.8 Å². The first-order valence-corrected chi connectivity index (χ1v) is 10.6. The molecule has 1 aromatic carbocycles. The van der Waals surface area contributed by atoms with Crippen molar-refractivity contribution in [1.82, 2.24) is 4.98 Å². The van der Waals surface area contributed by atoms with E-state index in [9.17, 15) is 4.79 Å². The Bertz CT molecular complexity index is 995. The molecule has 3 heteroatoms. The number of aromatic nitrogens is 1. The standard InChI is InChI=1S/C26H32N2O/c1-24(2,3)13-17-12-19-23(27-16-17)28-20-14-25(4,5)15-21(29)22(20)26(19,6)18-10-8-7-9-11-18/h7-12,16H,13-15H2,1-6H3,(H,27,28)/t26-/m1/s1. The minimum absolute atomic E-state index is 0.0375. The van der Waals surface area contributed by atoms with Crippen LogP contribution in [0.25, 0.3) is 0 Å². The molecular formula is C26H32N2O. The Kier molecular flexibility index (Phi) is 4.49. The Morgan fingerprint density at radius 1 is 1.07 bits per heavy atom.